The molecule has 0 aromatic carbocycles. The van der Waals surface area contributed by atoms with Crippen molar-refractivity contribution in [3.63, 3.8) is 0 Å². The maximum Gasteiger partial charge on any atom is 0.00387 e. The van der Waals surface area contributed by atoms with Gasteiger partial charge in [-0.3, -0.25) is 0 Å². The van der Waals surface area contributed by atoms with Crippen LogP contribution >= 0.6 is 0 Å². The highest BCUT2D eigenvalue weighted by atomic mass is 14.9. The zero-order valence-electron chi connectivity index (χ0n) is 9.31. The summed E-state index contributed by atoms with van der Waals surface area (Å²) in [6.07, 6.45) is 9.93. The van der Waals surface area contributed by atoms with Crippen LogP contribution in [0.2, 0.25) is 0 Å². The van der Waals surface area contributed by atoms with Crippen LogP contribution < -0.4 is 5.32 Å². The van der Waals surface area contributed by atoms with E-state index >= 15 is 0 Å². The molecule has 0 aromatic heterocycles. The molecule has 0 saturated heterocycles. The van der Waals surface area contributed by atoms with Crippen LogP contribution in [0.1, 0.15) is 58.8 Å². The van der Waals surface area contributed by atoms with Gasteiger partial charge in [-0.15, -0.1) is 0 Å². The lowest BCUT2D eigenvalue weighted by atomic mass is 9.83. The third-order valence-corrected chi connectivity index (χ3v) is 3.26. The van der Waals surface area contributed by atoms with Crippen LogP contribution in [0.25, 0.3) is 0 Å². The zero-order chi connectivity index (χ0) is 9.52. The lowest BCUT2D eigenvalue weighted by Crippen LogP contribution is -2.29. The highest BCUT2D eigenvalue weighted by Gasteiger charge is 2.16. The Labute approximate surface area is 83.3 Å². The molecular weight excluding hydrogens is 158 g/mol. The van der Waals surface area contributed by atoms with Gasteiger partial charge in [-0.2, -0.15) is 0 Å². The van der Waals surface area contributed by atoms with Crippen molar-refractivity contribution < 1.29 is 0 Å². The summed E-state index contributed by atoms with van der Waals surface area (Å²) in [5.74, 6) is 1.06. The van der Waals surface area contributed by atoms with Crippen LogP contribution in [0, 0.1) is 5.92 Å². The molecule has 1 aliphatic rings. The fourth-order valence-corrected chi connectivity index (χ4v) is 1.93. The standard InChI is InChI=1S/C12H25N/c1-3-4-6-11(2)13-10-9-12-7-5-8-12/h11-13H,3-10H2,1-2H3. The zero-order valence-corrected chi connectivity index (χ0v) is 9.31. The molecule has 1 saturated carbocycles. The Kier molecular flexibility index (Phi) is 5.45. The Balaban J connectivity index is 1.85. The number of unbranched alkanes of at least 4 members (excludes halogenated alkanes) is 1. The summed E-state index contributed by atoms with van der Waals surface area (Å²) in [6.45, 7) is 5.83. The van der Waals surface area contributed by atoms with E-state index in [2.05, 4.69) is 19.2 Å². The van der Waals surface area contributed by atoms with E-state index in [1.165, 1.54) is 51.5 Å². The minimum atomic E-state index is 0.736. The van der Waals surface area contributed by atoms with E-state index in [4.69, 9.17) is 0 Å². The summed E-state index contributed by atoms with van der Waals surface area (Å²) in [4.78, 5) is 0. The first-order valence-electron chi connectivity index (χ1n) is 6.06. The Hall–Kier alpha value is -0.0400. The van der Waals surface area contributed by atoms with Gasteiger partial charge >= 0.3 is 0 Å². The SMILES string of the molecule is CCCCC(C)NCCC1CCC1. The van der Waals surface area contributed by atoms with E-state index in [1.54, 1.807) is 0 Å². The van der Waals surface area contributed by atoms with Gasteiger partial charge in [0, 0.05) is 6.04 Å². The van der Waals surface area contributed by atoms with Crippen LogP contribution in [-0.4, -0.2) is 12.6 Å². The molecule has 0 aliphatic heterocycles. The Morgan fingerprint density at radius 3 is 2.69 bits per heavy atom. The average molecular weight is 183 g/mol. The molecule has 78 valence electrons. The molecule has 1 aliphatic carbocycles. The maximum absolute atomic E-state index is 3.62. The summed E-state index contributed by atoms with van der Waals surface area (Å²) < 4.78 is 0. The van der Waals surface area contributed by atoms with E-state index in [1.807, 2.05) is 0 Å². The van der Waals surface area contributed by atoms with Crippen LogP contribution in [0.4, 0.5) is 0 Å². The molecule has 1 rings (SSSR count). The minimum Gasteiger partial charge on any atom is -0.314 e. The fraction of sp³-hybridized carbons (Fsp3) is 1.00. The molecular formula is C12H25N. The van der Waals surface area contributed by atoms with Gasteiger partial charge < -0.3 is 5.32 Å². The molecule has 1 unspecified atom stereocenters. The summed E-state index contributed by atoms with van der Waals surface area (Å²) in [6, 6.07) is 0.736. The predicted octanol–water partition coefficient (Wildman–Crippen LogP) is 3.34. The van der Waals surface area contributed by atoms with Gasteiger partial charge in [0.25, 0.3) is 0 Å². The average Bonchev–Trinajstić information content (AvgIpc) is 2.06. The number of rotatable bonds is 7. The molecule has 1 fully saturated rings. The van der Waals surface area contributed by atoms with Gasteiger partial charge in [0.2, 0.25) is 0 Å². The third-order valence-electron chi connectivity index (χ3n) is 3.26. The normalized spacial score (nSPS) is 19.8. The molecule has 0 heterocycles. The number of nitrogens with one attached hydrogen (secondary N) is 1. The van der Waals surface area contributed by atoms with Gasteiger partial charge in [0.15, 0.2) is 0 Å². The molecule has 1 N–H and O–H groups in total. The second-order valence-corrected chi connectivity index (χ2v) is 4.58. The minimum absolute atomic E-state index is 0.736. The fourth-order valence-electron chi connectivity index (χ4n) is 1.93. The Bertz CT molecular complexity index is 118. The monoisotopic (exact) mass is 183 g/mol. The largest absolute Gasteiger partial charge is 0.314 e. The highest BCUT2D eigenvalue weighted by molar-refractivity contribution is 4.71. The Morgan fingerprint density at radius 2 is 2.15 bits per heavy atom. The summed E-state index contributed by atoms with van der Waals surface area (Å²) >= 11 is 0. The van der Waals surface area contributed by atoms with E-state index in [9.17, 15) is 0 Å². The number of hydrogen-bond acceptors (Lipinski definition) is 1. The van der Waals surface area contributed by atoms with Crippen molar-refractivity contribution in [2.75, 3.05) is 6.54 Å². The molecule has 0 bridgehead atoms. The summed E-state index contributed by atoms with van der Waals surface area (Å²) in [5.41, 5.74) is 0. The molecule has 0 spiro atoms. The van der Waals surface area contributed by atoms with Crippen molar-refractivity contribution in [3.8, 4) is 0 Å². The first-order chi connectivity index (χ1) is 6.33. The van der Waals surface area contributed by atoms with Crippen LogP contribution in [0.15, 0.2) is 0 Å². The molecule has 0 radical (unpaired) electrons. The van der Waals surface area contributed by atoms with Crippen molar-refractivity contribution in [1.82, 2.24) is 5.32 Å². The molecule has 1 atom stereocenters. The van der Waals surface area contributed by atoms with Crippen molar-refractivity contribution in [3.05, 3.63) is 0 Å². The second-order valence-electron chi connectivity index (χ2n) is 4.58. The lowest BCUT2D eigenvalue weighted by Gasteiger charge is -2.26. The first-order valence-corrected chi connectivity index (χ1v) is 6.06. The van der Waals surface area contributed by atoms with Gasteiger partial charge in [-0.25, -0.2) is 0 Å². The lowest BCUT2D eigenvalue weighted by molar-refractivity contribution is 0.287. The van der Waals surface area contributed by atoms with Gasteiger partial charge in [0.05, 0.1) is 0 Å². The van der Waals surface area contributed by atoms with E-state index in [0.29, 0.717) is 0 Å². The van der Waals surface area contributed by atoms with E-state index < -0.39 is 0 Å². The van der Waals surface area contributed by atoms with Crippen LogP contribution in [0.5, 0.6) is 0 Å². The van der Waals surface area contributed by atoms with Gasteiger partial charge in [-0.05, 0) is 32.2 Å². The van der Waals surface area contributed by atoms with Crippen LogP contribution in [-0.2, 0) is 0 Å². The molecule has 13 heavy (non-hydrogen) atoms. The van der Waals surface area contributed by atoms with Crippen molar-refractivity contribution in [1.29, 1.82) is 0 Å². The van der Waals surface area contributed by atoms with Crippen molar-refractivity contribution in [2.45, 2.75) is 64.8 Å². The molecule has 0 amide bonds. The van der Waals surface area contributed by atoms with E-state index in [0.717, 1.165) is 12.0 Å². The smallest absolute Gasteiger partial charge is 0.00387 e. The third kappa shape index (κ3) is 4.66. The predicted molar refractivity (Wildman–Crippen MR) is 58.9 cm³/mol. The molecule has 1 nitrogen and oxygen atoms in total. The number of hydrogen-bond donors (Lipinski definition) is 1. The van der Waals surface area contributed by atoms with E-state index in [-0.39, 0.29) is 0 Å². The van der Waals surface area contributed by atoms with Crippen molar-refractivity contribution in [2.24, 2.45) is 5.92 Å². The van der Waals surface area contributed by atoms with Gasteiger partial charge in [-0.1, -0.05) is 39.0 Å². The highest BCUT2D eigenvalue weighted by Crippen LogP contribution is 2.28. The molecule has 1 heteroatoms. The second kappa shape index (κ2) is 6.42. The summed E-state index contributed by atoms with van der Waals surface area (Å²) in [5, 5.41) is 3.62. The topological polar surface area (TPSA) is 12.0 Å². The van der Waals surface area contributed by atoms with Crippen molar-refractivity contribution >= 4 is 0 Å². The maximum atomic E-state index is 3.62. The Morgan fingerprint density at radius 1 is 1.38 bits per heavy atom. The van der Waals surface area contributed by atoms with Gasteiger partial charge in [0.1, 0.15) is 0 Å². The molecule has 0 aromatic rings. The summed E-state index contributed by atoms with van der Waals surface area (Å²) in [7, 11) is 0. The first kappa shape index (κ1) is 11.0. The quantitative estimate of drug-likeness (QED) is 0.638. The van der Waals surface area contributed by atoms with Crippen LogP contribution in [0.3, 0.4) is 0 Å².